The lowest BCUT2D eigenvalue weighted by atomic mass is 9.92. The van der Waals surface area contributed by atoms with Gasteiger partial charge in [-0.25, -0.2) is 0 Å². The molecule has 1 heterocycles. The average Bonchev–Trinajstić information content (AvgIpc) is 2.78. The molecule has 1 saturated carbocycles. The molecule has 0 radical (unpaired) electrons. The molecule has 1 aromatic heterocycles. The Balaban J connectivity index is 1.98. The molecule has 0 aliphatic heterocycles. The second kappa shape index (κ2) is 5.54. The van der Waals surface area contributed by atoms with Gasteiger partial charge in [-0.3, -0.25) is 4.68 Å². The highest BCUT2D eigenvalue weighted by atomic mass is 16.5. The van der Waals surface area contributed by atoms with E-state index in [1.807, 2.05) is 18.0 Å². The summed E-state index contributed by atoms with van der Waals surface area (Å²) in [5.41, 5.74) is 1.10. The summed E-state index contributed by atoms with van der Waals surface area (Å²) in [6, 6.07) is 0.841. The Morgan fingerprint density at radius 1 is 1.41 bits per heavy atom. The van der Waals surface area contributed by atoms with E-state index in [0.29, 0.717) is 18.2 Å². The Kier molecular flexibility index (Phi) is 4.05. The second-order valence-electron chi connectivity index (χ2n) is 5.11. The normalized spacial score (nSPS) is 25.2. The zero-order chi connectivity index (χ0) is 12.3. The molecule has 0 amide bonds. The van der Waals surface area contributed by atoms with Crippen molar-refractivity contribution in [2.75, 3.05) is 12.4 Å². The lowest BCUT2D eigenvalue weighted by Crippen LogP contribution is -2.37. The highest BCUT2D eigenvalue weighted by Gasteiger charge is 2.24. The van der Waals surface area contributed by atoms with Crippen LogP contribution in [-0.4, -0.2) is 29.0 Å². The molecule has 1 fully saturated rings. The first-order chi connectivity index (χ1) is 8.20. The molecule has 96 valence electrons. The van der Waals surface area contributed by atoms with Gasteiger partial charge >= 0.3 is 0 Å². The van der Waals surface area contributed by atoms with Crippen molar-refractivity contribution in [1.82, 2.24) is 9.78 Å². The second-order valence-corrected chi connectivity index (χ2v) is 5.11. The van der Waals surface area contributed by atoms with E-state index in [0.717, 1.165) is 12.1 Å². The Bertz CT molecular complexity index is 348. The highest BCUT2D eigenvalue weighted by Crippen LogP contribution is 2.24. The average molecular weight is 237 g/mol. The van der Waals surface area contributed by atoms with E-state index in [1.165, 1.54) is 19.3 Å². The summed E-state index contributed by atoms with van der Waals surface area (Å²) in [6.07, 6.45) is 9.23. The van der Waals surface area contributed by atoms with Crippen LogP contribution in [0.2, 0.25) is 0 Å². The minimum atomic E-state index is 0.339. The van der Waals surface area contributed by atoms with Gasteiger partial charge in [-0.15, -0.1) is 0 Å². The first-order valence-corrected chi connectivity index (χ1v) is 6.54. The summed E-state index contributed by atoms with van der Waals surface area (Å²) in [4.78, 5) is 0. The first-order valence-electron chi connectivity index (χ1n) is 6.54. The summed E-state index contributed by atoms with van der Waals surface area (Å²) in [5, 5.41) is 7.89. The number of nitrogens with one attached hydrogen (secondary N) is 1. The Labute approximate surface area is 103 Å². The quantitative estimate of drug-likeness (QED) is 0.875. The van der Waals surface area contributed by atoms with Gasteiger partial charge in [0, 0.05) is 19.3 Å². The van der Waals surface area contributed by atoms with Crippen LogP contribution in [0.4, 0.5) is 5.69 Å². The van der Waals surface area contributed by atoms with Crippen molar-refractivity contribution >= 4 is 5.69 Å². The van der Waals surface area contributed by atoms with E-state index in [9.17, 15) is 0 Å². The highest BCUT2D eigenvalue weighted by molar-refractivity contribution is 5.40. The van der Waals surface area contributed by atoms with E-state index in [1.54, 1.807) is 0 Å². The topological polar surface area (TPSA) is 39.1 Å². The molecule has 1 aliphatic carbocycles. The van der Waals surface area contributed by atoms with E-state index in [-0.39, 0.29) is 0 Å². The third-order valence-corrected chi connectivity index (χ3v) is 3.49. The summed E-state index contributed by atoms with van der Waals surface area (Å²) in [5.74, 6) is 0. The van der Waals surface area contributed by atoms with Gasteiger partial charge < -0.3 is 10.1 Å². The van der Waals surface area contributed by atoms with Crippen molar-refractivity contribution < 1.29 is 4.74 Å². The largest absolute Gasteiger partial charge is 0.379 e. The van der Waals surface area contributed by atoms with E-state index in [2.05, 4.69) is 30.5 Å². The molecule has 1 aromatic rings. The van der Waals surface area contributed by atoms with Crippen LogP contribution in [0.5, 0.6) is 0 Å². The zero-order valence-corrected chi connectivity index (χ0v) is 11.0. The van der Waals surface area contributed by atoms with E-state index in [4.69, 9.17) is 4.74 Å². The number of rotatable bonds is 4. The van der Waals surface area contributed by atoms with Crippen molar-refractivity contribution in [2.45, 2.75) is 57.7 Å². The lowest BCUT2D eigenvalue weighted by molar-refractivity contribution is 0.0606. The summed E-state index contributed by atoms with van der Waals surface area (Å²) in [6.45, 7) is 4.27. The van der Waals surface area contributed by atoms with Crippen LogP contribution in [0.1, 0.15) is 45.6 Å². The molecule has 2 atom stereocenters. The summed E-state index contributed by atoms with van der Waals surface area (Å²) < 4.78 is 7.52. The number of ether oxygens (including phenoxy) is 1. The molecule has 2 rings (SSSR count). The lowest BCUT2D eigenvalue weighted by Gasteiger charge is -2.31. The number of nitrogens with zero attached hydrogens (tertiary/aromatic N) is 2. The number of methoxy groups -OCH3 is 1. The minimum Gasteiger partial charge on any atom is -0.379 e. The van der Waals surface area contributed by atoms with Crippen LogP contribution in [-0.2, 0) is 4.74 Å². The first kappa shape index (κ1) is 12.4. The summed E-state index contributed by atoms with van der Waals surface area (Å²) in [7, 11) is 1.81. The Hall–Kier alpha value is -1.03. The maximum absolute atomic E-state index is 5.54. The monoisotopic (exact) mass is 237 g/mol. The fourth-order valence-electron chi connectivity index (χ4n) is 2.45. The van der Waals surface area contributed by atoms with E-state index >= 15 is 0 Å². The fourth-order valence-corrected chi connectivity index (χ4v) is 2.45. The van der Waals surface area contributed by atoms with Crippen LogP contribution in [0.25, 0.3) is 0 Å². The van der Waals surface area contributed by atoms with Gasteiger partial charge in [0.05, 0.1) is 24.0 Å². The Morgan fingerprint density at radius 3 is 2.82 bits per heavy atom. The van der Waals surface area contributed by atoms with Crippen LogP contribution in [0, 0.1) is 0 Å². The van der Waals surface area contributed by atoms with Crippen molar-refractivity contribution in [1.29, 1.82) is 0 Å². The van der Waals surface area contributed by atoms with Gasteiger partial charge in [-0.1, -0.05) is 12.8 Å². The smallest absolute Gasteiger partial charge is 0.0772 e. The molecule has 4 nitrogen and oxygen atoms in total. The number of aromatic nitrogens is 2. The number of hydrogen-bond donors (Lipinski definition) is 1. The maximum Gasteiger partial charge on any atom is 0.0772 e. The van der Waals surface area contributed by atoms with Gasteiger partial charge in [0.15, 0.2) is 0 Å². The molecule has 4 heteroatoms. The molecule has 0 aromatic carbocycles. The zero-order valence-electron chi connectivity index (χ0n) is 11.0. The van der Waals surface area contributed by atoms with Crippen molar-refractivity contribution in [2.24, 2.45) is 0 Å². The van der Waals surface area contributed by atoms with Crippen LogP contribution >= 0.6 is 0 Å². The van der Waals surface area contributed by atoms with Gasteiger partial charge in [0.25, 0.3) is 0 Å². The Morgan fingerprint density at radius 2 is 2.18 bits per heavy atom. The third-order valence-electron chi connectivity index (χ3n) is 3.49. The third kappa shape index (κ3) is 3.00. The molecule has 0 saturated heterocycles. The molecule has 0 bridgehead atoms. The maximum atomic E-state index is 5.54. The minimum absolute atomic E-state index is 0.339. The van der Waals surface area contributed by atoms with Gasteiger partial charge in [-0.2, -0.15) is 5.10 Å². The molecule has 2 unspecified atom stereocenters. The van der Waals surface area contributed by atoms with Gasteiger partial charge in [-0.05, 0) is 26.7 Å². The molecule has 1 N–H and O–H groups in total. The predicted molar refractivity (Wildman–Crippen MR) is 69.3 cm³/mol. The van der Waals surface area contributed by atoms with Gasteiger partial charge in [0.1, 0.15) is 0 Å². The molecule has 0 spiro atoms. The van der Waals surface area contributed by atoms with E-state index < -0.39 is 0 Å². The number of hydrogen-bond acceptors (Lipinski definition) is 3. The number of anilines is 1. The van der Waals surface area contributed by atoms with Crippen LogP contribution < -0.4 is 5.32 Å². The molecule has 17 heavy (non-hydrogen) atoms. The summed E-state index contributed by atoms with van der Waals surface area (Å²) >= 11 is 0. The van der Waals surface area contributed by atoms with Gasteiger partial charge in [0.2, 0.25) is 0 Å². The van der Waals surface area contributed by atoms with Crippen LogP contribution in [0.3, 0.4) is 0 Å². The van der Waals surface area contributed by atoms with Crippen molar-refractivity contribution in [3.8, 4) is 0 Å². The van der Waals surface area contributed by atoms with Crippen molar-refractivity contribution in [3.63, 3.8) is 0 Å². The SMILES string of the molecule is COC1CCCCC1Nc1cnn(C(C)C)c1. The van der Waals surface area contributed by atoms with Crippen LogP contribution in [0.15, 0.2) is 12.4 Å². The van der Waals surface area contributed by atoms with Crippen molar-refractivity contribution in [3.05, 3.63) is 12.4 Å². The fraction of sp³-hybridized carbons (Fsp3) is 0.769. The molecular formula is C13H23N3O. The molecular weight excluding hydrogens is 214 g/mol. The predicted octanol–water partition coefficient (Wildman–Crippen LogP) is 2.83. The standard InChI is InChI=1S/C13H23N3O/c1-10(2)16-9-11(8-14-16)15-12-6-4-5-7-13(12)17-3/h8-10,12-13,15H,4-7H2,1-3H3. The molecule has 1 aliphatic rings.